The fourth-order valence-electron chi connectivity index (χ4n) is 5.54. The van der Waals surface area contributed by atoms with E-state index in [1.165, 1.54) is 23.7 Å². The summed E-state index contributed by atoms with van der Waals surface area (Å²) in [5.74, 6) is 4.71. The van der Waals surface area contributed by atoms with Crippen LogP contribution in [-0.2, 0) is 0 Å². The van der Waals surface area contributed by atoms with E-state index in [1.807, 2.05) is 0 Å². The molecule has 0 spiro atoms. The molecule has 1 atom stereocenters. The van der Waals surface area contributed by atoms with Gasteiger partial charge in [-0.05, 0) is 67.6 Å². The Labute approximate surface area is 87.5 Å². The van der Waals surface area contributed by atoms with E-state index in [-0.39, 0.29) is 0 Å². The number of hydrogen-bond donors (Lipinski definition) is 0. The van der Waals surface area contributed by atoms with Crippen LogP contribution in [0.4, 0.5) is 0 Å². The highest BCUT2D eigenvalue weighted by atomic mass is 14.6. The quantitative estimate of drug-likeness (QED) is 0.586. The lowest BCUT2D eigenvalue weighted by molar-refractivity contribution is -0.125. The standard InChI is InChI=1S/C14H22/c1-2-11-8-14(5-1,9-11)13-4-3-10-6-12(13)7-10/h10-13H,1-9H2. The second-order valence-electron chi connectivity index (χ2n) is 6.81. The molecule has 1 unspecified atom stereocenters. The van der Waals surface area contributed by atoms with E-state index in [2.05, 4.69) is 0 Å². The van der Waals surface area contributed by atoms with E-state index in [0.717, 1.165) is 5.41 Å². The average molecular weight is 190 g/mol. The van der Waals surface area contributed by atoms with Crippen LogP contribution in [0.25, 0.3) is 0 Å². The van der Waals surface area contributed by atoms with Crippen LogP contribution in [0.5, 0.6) is 0 Å². The molecule has 0 radical (unpaired) electrons. The van der Waals surface area contributed by atoms with Gasteiger partial charge in [-0.3, -0.25) is 0 Å². The first-order valence-electron chi connectivity index (χ1n) is 6.86. The van der Waals surface area contributed by atoms with Crippen LogP contribution in [0, 0.1) is 29.1 Å². The van der Waals surface area contributed by atoms with Gasteiger partial charge < -0.3 is 0 Å². The molecule has 6 aliphatic carbocycles. The molecular formula is C14H22. The fourth-order valence-corrected chi connectivity index (χ4v) is 5.54. The molecule has 6 saturated carbocycles. The lowest BCUT2D eigenvalue weighted by Crippen LogP contribution is -2.53. The second kappa shape index (κ2) is 2.57. The third-order valence-corrected chi connectivity index (χ3v) is 6.19. The van der Waals surface area contributed by atoms with Gasteiger partial charge in [-0.2, -0.15) is 0 Å². The van der Waals surface area contributed by atoms with Gasteiger partial charge in [-0.1, -0.05) is 19.3 Å². The summed E-state index contributed by atoms with van der Waals surface area (Å²) in [6.07, 6.45) is 14.5. The van der Waals surface area contributed by atoms with E-state index in [1.54, 1.807) is 57.8 Å². The van der Waals surface area contributed by atoms with Crippen LogP contribution in [0.1, 0.15) is 57.8 Å². The van der Waals surface area contributed by atoms with E-state index in [9.17, 15) is 0 Å². The van der Waals surface area contributed by atoms with E-state index >= 15 is 0 Å². The third-order valence-electron chi connectivity index (χ3n) is 6.19. The van der Waals surface area contributed by atoms with Crippen LogP contribution in [0.15, 0.2) is 0 Å². The molecule has 0 N–H and O–H groups in total. The van der Waals surface area contributed by atoms with Gasteiger partial charge in [0.05, 0.1) is 0 Å². The van der Waals surface area contributed by atoms with Gasteiger partial charge in [-0.25, -0.2) is 0 Å². The zero-order chi connectivity index (χ0) is 9.17. The van der Waals surface area contributed by atoms with Gasteiger partial charge in [0, 0.05) is 0 Å². The van der Waals surface area contributed by atoms with Crippen molar-refractivity contribution in [2.24, 2.45) is 29.1 Å². The Balaban J connectivity index is 1.56. The first kappa shape index (κ1) is 8.19. The maximum Gasteiger partial charge on any atom is -0.0261 e. The molecule has 78 valence electrons. The van der Waals surface area contributed by atoms with Gasteiger partial charge in [0.2, 0.25) is 0 Å². The summed E-state index contributed by atoms with van der Waals surface area (Å²) in [6.45, 7) is 0. The molecular weight excluding hydrogens is 168 g/mol. The molecule has 0 aromatic heterocycles. The highest BCUT2D eigenvalue weighted by Crippen LogP contribution is 2.66. The molecule has 14 heavy (non-hydrogen) atoms. The lowest BCUT2D eigenvalue weighted by Gasteiger charge is -2.63. The Bertz CT molecular complexity index is 234. The number of fused-ring (bicyclic) bond motifs is 4. The maximum absolute atomic E-state index is 1.64. The summed E-state index contributed by atoms with van der Waals surface area (Å²) >= 11 is 0. The number of hydrogen-bond acceptors (Lipinski definition) is 0. The SMILES string of the molecule is C1CC2CC(C3CCC4CC3C4)(C1)C2. The molecule has 0 nitrogen and oxygen atoms in total. The molecule has 0 aromatic carbocycles. The smallest absolute Gasteiger partial charge is 0.0261 e. The van der Waals surface area contributed by atoms with Gasteiger partial charge >= 0.3 is 0 Å². The molecule has 0 aromatic rings. The highest BCUT2D eigenvalue weighted by molar-refractivity contribution is 5.06. The van der Waals surface area contributed by atoms with Gasteiger partial charge in [0.25, 0.3) is 0 Å². The van der Waals surface area contributed by atoms with Crippen LogP contribution in [0.3, 0.4) is 0 Å². The molecule has 0 heteroatoms. The zero-order valence-electron chi connectivity index (χ0n) is 9.17. The largest absolute Gasteiger partial charge is 0.0525 e. The van der Waals surface area contributed by atoms with E-state index in [0.29, 0.717) is 0 Å². The van der Waals surface area contributed by atoms with Gasteiger partial charge in [-0.15, -0.1) is 0 Å². The monoisotopic (exact) mass is 190 g/mol. The van der Waals surface area contributed by atoms with Crippen molar-refractivity contribution < 1.29 is 0 Å². The van der Waals surface area contributed by atoms with Crippen molar-refractivity contribution in [3.63, 3.8) is 0 Å². The Morgan fingerprint density at radius 2 is 1.71 bits per heavy atom. The molecule has 6 rings (SSSR count). The van der Waals surface area contributed by atoms with Crippen molar-refractivity contribution in [1.82, 2.24) is 0 Å². The van der Waals surface area contributed by atoms with Crippen LogP contribution >= 0.6 is 0 Å². The van der Waals surface area contributed by atoms with Crippen LogP contribution in [0.2, 0.25) is 0 Å². The van der Waals surface area contributed by atoms with Crippen molar-refractivity contribution >= 4 is 0 Å². The summed E-state index contributed by atoms with van der Waals surface area (Å²) < 4.78 is 0. The predicted octanol–water partition coefficient (Wildman–Crippen LogP) is 4.00. The lowest BCUT2D eigenvalue weighted by atomic mass is 9.42. The summed E-state index contributed by atoms with van der Waals surface area (Å²) in [5, 5.41) is 0. The molecule has 0 heterocycles. The van der Waals surface area contributed by atoms with Gasteiger partial charge in [0.15, 0.2) is 0 Å². The minimum atomic E-state index is 0.902. The average Bonchev–Trinajstić information content (AvgIpc) is 2.16. The van der Waals surface area contributed by atoms with Crippen molar-refractivity contribution in [3.8, 4) is 0 Å². The van der Waals surface area contributed by atoms with Crippen molar-refractivity contribution in [2.75, 3.05) is 0 Å². The highest BCUT2D eigenvalue weighted by Gasteiger charge is 2.56. The normalized spacial score (nSPS) is 60.0. The fraction of sp³-hybridized carbons (Fsp3) is 1.00. The van der Waals surface area contributed by atoms with E-state index < -0.39 is 0 Å². The molecule has 0 saturated heterocycles. The maximum atomic E-state index is 1.64. The summed E-state index contributed by atoms with van der Waals surface area (Å²) in [6, 6.07) is 0. The zero-order valence-corrected chi connectivity index (χ0v) is 9.17. The minimum absolute atomic E-state index is 0.902. The molecule has 6 aliphatic rings. The van der Waals surface area contributed by atoms with Crippen molar-refractivity contribution in [1.29, 1.82) is 0 Å². The Morgan fingerprint density at radius 3 is 2.29 bits per heavy atom. The van der Waals surface area contributed by atoms with Crippen LogP contribution < -0.4 is 0 Å². The molecule has 0 aliphatic heterocycles. The summed E-state index contributed by atoms with van der Waals surface area (Å²) in [7, 11) is 0. The minimum Gasteiger partial charge on any atom is -0.0525 e. The second-order valence-corrected chi connectivity index (χ2v) is 6.81. The first-order chi connectivity index (χ1) is 6.86. The molecule has 6 fully saturated rings. The van der Waals surface area contributed by atoms with Crippen molar-refractivity contribution in [2.45, 2.75) is 57.8 Å². The van der Waals surface area contributed by atoms with Crippen molar-refractivity contribution in [3.05, 3.63) is 0 Å². The van der Waals surface area contributed by atoms with Crippen LogP contribution in [-0.4, -0.2) is 0 Å². The Morgan fingerprint density at radius 1 is 0.857 bits per heavy atom. The van der Waals surface area contributed by atoms with Gasteiger partial charge in [0.1, 0.15) is 0 Å². The summed E-state index contributed by atoms with van der Waals surface area (Å²) in [4.78, 5) is 0. The molecule has 0 amide bonds. The topological polar surface area (TPSA) is 0 Å². The number of rotatable bonds is 1. The predicted molar refractivity (Wildman–Crippen MR) is 57.9 cm³/mol. The van der Waals surface area contributed by atoms with E-state index in [4.69, 9.17) is 0 Å². The first-order valence-corrected chi connectivity index (χ1v) is 6.86. The summed E-state index contributed by atoms with van der Waals surface area (Å²) in [5.41, 5.74) is 0.902. The molecule has 4 bridgehead atoms. The Hall–Kier alpha value is 0. The Kier molecular flexibility index (Phi) is 1.50. The third kappa shape index (κ3) is 0.907.